The molecule has 1 aliphatic rings. The highest BCUT2D eigenvalue weighted by atomic mass is 16.5. The van der Waals surface area contributed by atoms with Gasteiger partial charge in [0.25, 0.3) is 0 Å². The van der Waals surface area contributed by atoms with Crippen LogP contribution in [0.4, 0.5) is 0 Å². The van der Waals surface area contributed by atoms with Gasteiger partial charge >= 0.3 is 0 Å². The predicted octanol–water partition coefficient (Wildman–Crippen LogP) is 1.90. The number of hydrogen-bond acceptors (Lipinski definition) is 3. The Morgan fingerprint density at radius 2 is 2.44 bits per heavy atom. The average molecular weight is 224 g/mol. The molecule has 90 valence electrons. The zero-order valence-corrected chi connectivity index (χ0v) is 10.0. The van der Waals surface area contributed by atoms with Crippen LogP contribution in [-0.4, -0.2) is 27.1 Å². The molecule has 1 aliphatic heterocycles. The number of ether oxygens (including phenoxy) is 1. The van der Waals surface area contributed by atoms with Crippen LogP contribution in [0.25, 0.3) is 0 Å². The fourth-order valence-corrected chi connectivity index (χ4v) is 2.32. The zero-order valence-electron chi connectivity index (χ0n) is 10.0. The van der Waals surface area contributed by atoms with Crippen LogP contribution in [0.3, 0.4) is 0 Å². The lowest BCUT2D eigenvalue weighted by molar-refractivity contribution is -0.140. The predicted molar refractivity (Wildman–Crippen MR) is 61.1 cm³/mol. The lowest BCUT2D eigenvalue weighted by Crippen LogP contribution is -2.40. The van der Waals surface area contributed by atoms with E-state index in [1.54, 1.807) is 6.20 Å². The van der Waals surface area contributed by atoms with Gasteiger partial charge in [-0.05, 0) is 39.2 Å². The standard InChI is InChI=1S/C12H20N2O2/c1-3-14-10(6-8-13-14)11(15)12(2)7-4-5-9-16-12/h6,8,11,15H,3-5,7,9H2,1-2H3. The van der Waals surface area contributed by atoms with Crippen LogP contribution in [0.15, 0.2) is 12.3 Å². The van der Waals surface area contributed by atoms with Gasteiger partial charge in [-0.3, -0.25) is 4.68 Å². The molecule has 4 heteroatoms. The summed E-state index contributed by atoms with van der Waals surface area (Å²) in [6.45, 7) is 5.53. The third-order valence-corrected chi connectivity index (χ3v) is 3.41. The Morgan fingerprint density at radius 1 is 1.62 bits per heavy atom. The number of aliphatic hydroxyl groups is 1. The van der Waals surface area contributed by atoms with Crippen LogP contribution >= 0.6 is 0 Å². The number of nitrogens with zero attached hydrogens (tertiary/aromatic N) is 2. The van der Waals surface area contributed by atoms with Crippen molar-refractivity contribution in [2.75, 3.05) is 6.61 Å². The molecular formula is C12H20N2O2. The maximum absolute atomic E-state index is 10.4. The SMILES string of the molecule is CCn1nccc1C(O)C1(C)CCCCO1. The van der Waals surface area contributed by atoms with Crippen molar-refractivity contribution in [3.63, 3.8) is 0 Å². The molecule has 0 aromatic carbocycles. The molecule has 1 N–H and O–H groups in total. The molecule has 0 aliphatic carbocycles. The minimum Gasteiger partial charge on any atom is -0.384 e. The summed E-state index contributed by atoms with van der Waals surface area (Å²) >= 11 is 0. The van der Waals surface area contributed by atoms with Gasteiger partial charge in [-0.15, -0.1) is 0 Å². The Hall–Kier alpha value is -0.870. The highest BCUT2D eigenvalue weighted by Gasteiger charge is 2.38. The summed E-state index contributed by atoms with van der Waals surface area (Å²) in [5, 5.41) is 14.6. The van der Waals surface area contributed by atoms with Crippen LogP contribution < -0.4 is 0 Å². The number of hydrogen-bond donors (Lipinski definition) is 1. The first-order valence-electron chi connectivity index (χ1n) is 6.01. The maximum Gasteiger partial charge on any atom is 0.124 e. The van der Waals surface area contributed by atoms with E-state index in [0.29, 0.717) is 0 Å². The van der Waals surface area contributed by atoms with Crippen LogP contribution in [0, 0.1) is 0 Å². The minimum atomic E-state index is -0.588. The van der Waals surface area contributed by atoms with Gasteiger partial charge < -0.3 is 9.84 Å². The molecule has 0 amide bonds. The van der Waals surface area contributed by atoms with Crippen molar-refractivity contribution in [2.45, 2.75) is 51.4 Å². The molecule has 1 aromatic heterocycles. The summed E-state index contributed by atoms with van der Waals surface area (Å²) in [6.07, 6.45) is 4.26. The van der Waals surface area contributed by atoms with Gasteiger partial charge in [-0.1, -0.05) is 0 Å². The summed E-state index contributed by atoms with van der Waals surface area (Å²) in [6, 6.07) is 1.87. The van der Waals surface area contributed by atoms with Crippen molar-refractivity contribution in [1.29, 1.82) is 0 Å². The van der Waals surface area contributed by atoms with E-state index < -0.39 is 11.7 Å². The average Bonchev–Trinajstić information content (AvgIpc) is 2.77. The first-order chi connectivity index (χ1) is 7.67. The van der Waals surface area contributed by atoms with E-state index in [-0.39, 0.29) is 0 Å². The Kier molecular flexibility index (Phi) is 3.30. The summed E-state index contributed by atoms with van der Waals surface area (Å²) in [4.78, 5) is 0. The lowest BCUT2D eigenvalue weighted by Gasteiger charge is -2.37. The molecule has 0 radical (unpaired) electrons. The highest BCUT2D eigenvalue weighted by Crippen LogP contribution is 2.36. The fourth-order valence-electron chi connectivity index (χ4n) is 2.32. The second kappa shape index (κ2) is 4.55. The second-order valence-electron chi connectivity index (χ2n) is 4.59. The molecule has 1 aromatic rings. The van der Waals surface area contributed by atoms with Gasteiger partial charge in [0.05, 0.1) is 11.3 Å². The minimum absolute atomic E-state index is 0.453. The van der Waals surface area contributed by atoms with Crippen molar-refractivity contribution in [3.05, 3.63) is 18.0 Å². The van der Waals surface area contributed by atoms with Gasteiger partial charge in [0, 0.05) is 19.3 Å². The van der Waals surface area contributed by atoms with E-state index in [1.807, 2.05) is 24.6 Å². The van der Waals surface area contributed by atoms with Gasteiger partial charge in [0.2, 0.25) is 0 Å². The first-order valence-corrected chi connectivity index (χ1v) is 6.01. The van der Waals surface area contributed by atoms with E-state index in [2.05, 4.69) is 5.10 Å². The normalized spacial score (nSPS) is 27.9. The molecule has 4 nitrogen and oxygen atoms in total. The first kappa shape index (κ1) is 11.6. The molecular weight excluding hydrogens is 204 g/mol. The molecule has 2 rings (SSSR count). The van der Waals surface area contributed by atoms with E-state index in [9.17, 15) is 5.11 Å². The molecule has 1 fully saturated rings. The summed E-state index contributed by atoms with van der Waals surface area (Å²) in [7, 11) is 0. The summed E-state index contributed by atoms with van der Waals surface area (Å²) in [5.74, 6) is 0. The van der Waals surface area contributed by atoms with Crippen molar-refractivity contribution in [1.82, 2.24) is 9.78 Å². The smallest absolute Gasteiger partial charge is 0.124 e. The van der Waals surface area contributed by atoms with E-state index in [4.69, 9.17) is 4.74 Å². The molecule has 2 heterocycles. The molecule has 1 saturated heterocycles. The van der Waals surface area contributed by atoms with Crippen LogP contribution in [-0.2, 0) is 11.3 Å². The molecule has 0 spiro atoms. The Balaban J connectivity index is 2.20. The van der Waals surface area contributed by atoms with Gasteiger partial charge in [-0.2, -0.15) is 5.10 Å². The topological polar surface area (TPSA) is 47.3 Å². The van der Waals surface area contributed by atoms with Gasteiger partial charge in [0.15, 0.2) is 0 Å². The fraction of sp³-hybridized carbons (Fsp3) is 0.750. The third-order valence-electron chi connectivity index (χ3n) is 3.41. The second-order valence-corrected chi connectivity index (χ2v) is 4.59. The van der Waals surface area contributed by atoms with E-state index in [0.717, 1.165) is 38.1 Å². The van der Waals surface area contributed by atoms with Crippen LogP contribution in [0.5, 0.6) is 0 Å². The number of rotatable bonds is 3. The molecule has 2 unspecified atom stereocenters. The monoisotopic (exact) mass is 224 g/mol. The van der Waals surface area contributed by atoms with Crippen molar-refractivity contribution < 1.29 is 9.84 Å². The van der Waals surface area contributed by atoms with Crippen molar-refractivity contribution >= 4 is 0 Å². The number of aromatic nitrogens is 2. The number of aliphatic hydroxyl groups excluding tert-OH is 1. The molecule has 16 heavy (non-hydrogen) atoms. The third kappa shape index (κ3) is 1.99. The molecule has 2 atom stereocenters. The Labute approximate surface area is 96.2 Å². The van der Waals surface area contributed by atoms with Crippen LogP contribution in [0.1, 0.15) is 44.9 Å². The van der Waals surface area contributed by atoms with Gasteiger partial charge in [0.1, 0.15) is 6.10 Å². The summed E-state index contributed by atoms with van der Waals surface area (Å²) in [5.41, 5.74) is 0.400. The van der Waals surface area contributed by atoms with E-state index >= 15 is 0 Å². The molecule has 0 bridgehead atoms. The lowest BCUT2D eigenvalue weighted by atomic mass is 9.88. The van der Waals surface area contributed by atoms with Gasteiger partial charge in [-0.25, -0.2) is 0 Å². The number of aryl methyl sites for hydroxylation is 1. The highest BCUT2D eigenvalue weighted by molar-refractivity contribution is 5.10. The molecule has 0 saturated carbocycles. The quantitative estimate of drug-likeness (QED) is 0.853. The van der Waals surface area contributed by atoms with E-state index in [1.165, 1.54) is 0 Å². The van der Waals surface area contributed by atoms with Crippen molar-refractivity contribution in [3.8, 4) is 0 Å². The largest absolute Gasteiger partial charge is 0.384 e. The maximum atomic E-state index is 10.4. The van der Waals surface area contributed by atoms with Crippen LogP contribution in [0.2, 0.25) is 0 Å². The Morgan fingerprint density at radius 3 is 3.06 bits per heavy atom. The zero-order chi connectivity index (χ0) is 11.6. The summed E-state index contributed by atoms with van der Waals surface area (Å²) < 4.78 is 7.59. The Bertz CT molecular complexity index is 343. The van der Waals surface area contributed by atoms with Crippen molar-refractivity contribution in [2.24, 2.45) is 0 Å².